The van der Waals surface area contributed by atoms with Crippen LogP contribution in [0.25, 0.3) is 0 Å². The van der Waals surface area contributed by atoms with Crippen LogP contribution in [0.1, 0.15) is 28.1 Å². The SMILES string of the molecule is COC(=O)c1sccc1Nc1nc(Nc2ccc(N3CCC(N(C)C)CC3)cc2OC)ncc1C(F)(F)F. The first-order valence-electron chi connectivity index (χ1n) is 11.8. The highest BCUT2D eigenvalue weighted by molar-refractivity contribution is 7.12. The number of hydrogen-bond acceptors (Lipinski definition) is 10. The number of piperidine rings is 1. The van der Waals surface area contributed by atoms with Crippen molar-refractivity contribution in [2.24, 2.45) is 0 Å². The largest absolute Gasteiger partial charge is 0.494 e. The Morgan fingerprint density at radius 1 is 1.13 bits per heavy atom. The Morgan fingerprint density at radius 3 is 2.50 bits per heavy atom. The van der Waals surface area contributed by atoms with E-state index < -0.39 is 23.5 Å². The molecule has 1 aliphatic rings. The fourth-order valence-corrected chi connectivity index (χ4v) is 5.04. The van der Waals surface area contributed by atoms with Crippen LogP contribution in [-0.4, -0.2) is 68.3 Å². The van der Waals surface area contributed by atoms with Crippen LogP contribution in [0.4, 0.5) is 42.0 Å². The molecule has 0 aliphatic carbocycles. The molecule has 0 amide bonds. The van der Waals surface area contributed by atoms with Gasteiger partial charge in [-0.15, -0.1) is 11.3 Å². The van der Waals surface area contributed by atoms with Crippen LogP contribution in [0.3, 0.4) is 0 Å². The number of methoxy groups -OCH3 is 2. The van der Waals surface area contributed by atoms with Crippen LogP contribution in [0, 0.1) is 0 Å². The lowest BCUT2D eigenvalue weighted by Crippen LogP contribution is -2.41. The molecule has 204 valence electrons. The van der Waals surface area contributed by atoms with Gasteiger partial charge in [-0.3, -0.25) is 0 Å². The number of halogens is 3. The number of esters is 1. The summed E-state index contributed by atoms with van der Waals surface area (Å²) in [7, 11) is 6.90. The molecule has 0 unspecified atom stereocenters. The fraction of sp³-hybridized carbons (Fsp3) is 0.400. The number of ether oxygens (including phenoxy) is 2. The average molecular weight is 551 g/mol. The molecule has 13 heteroatoms. The molecule has 9 nitrogen and oxygen atoms in total. The third kappa shape index (κ3) is 6.10. The zero-order valence-corrected chi connectivity index (χ0v) is 22.2. The molecule has 1 aliphatic heterocycles. The zero-order valence-electron chi connectivity index (χ0n) is 21.4. The summed E-state index contributed by atoms with van der Waals surface area (Å²) < 4.78 is 51.4. The van der Waals surface area contributed by atoms with Crippen molar-refractivity contribution in [2.75, 3.05) is 56.9 Å². The van der Waals surface area contributed by atoms with Crippen LogP contribution >= 0.6 is 11.3 Å². The summed E-state index contributed by atoms with van der Waals surface area (Å²) in [6.45, 7) is 1.82. The van der Waals surface area contributed by atoms with Crippen LogP contribution in [0.2, 0.25) is 0 Å². The fourth-order valence-electron chi connectivity index (χ4n) is 4.27. The van der Waals surface area contributed by atoms with Gasteiger partial charge in [0.05, 0.1) is 25.6 Å². The zero-order chi connectivity index (χ0) is 27.4. The monoisotopic (exact) mass is 550 g/mol. The molecule has 0 saturated carbocycles. The van der Waals surface area contributed by atoms with Crippen LogP contribution < -0.4 is 20.3 Å². The van der Waals surface area contributed by atoms with E-state index in [0.29, 0.717) is 23.7 Å². The molecule has 3 aromatic rings. The number of nitrogens with zero attached hydrogens (tertiary/aromatic N) is 4. The Labute approximate surface area is 222 Å². The first-order valence-corrected chi connectivity index (χ1v) is 12.7. The Kier molecular flexibility index (Phi) is 8.26. The maximum atomic E-state index is 13.7. The molecule has 0 spiro atoms. The summed E-state index contributed by atoms with van der Waals surface area (Å²) in [4.78, 5) is 24.6. The van der Waals surface area contributed by atoms with E-state index in [9.17, 15) is 18.0 Å². The molecule has 0 bridgehead atoms. The third-order valence-corrected chi connectivity index (χ3v) is 7.27. The lowest BCUT2D eigenvalue weighted by atomic mass is 10.0. The molecule has 3 heterocycles. The number of anilines is 5. The van der Waals surface area contributed by atoms with Crippen molar-refractivity contribution in [3.8, 4) is 5.75 Å². The van der Waals surface area contributed by atoms with E-state index >= 15 is 0 Å². The van der Waals surface area contributed by atoms with Gasteiger partial charge in [0.2, 0.25) is 5.95 Å². The van der Waals surface area contributed by atoms with Gasteiger partial charge in [0, 0.05) is 37.1 Å². The molecule has 2 N–H and O–H groups in total. The lowest BCUT2D eigenvalue weighted by molar-refractivity contribution is -0.137. The molecule has 4 rings (SSSR count). The van der Waals surface area contributed by atoms with E-state index in [1.807, 2.05) is 12.1 Å². The Hall–Kier alpha value is -3.58. The van der Waals surface area contributed by atoms with Crippen LogP contribution in [0.5, 0.6) is 5.75 Å². The quantitative estimate of drug-likeness (QED) is 0.359. The minimum absolute atomic E-state index is 0.0757. The number of aromatic nitrogens is 2. The number of nitrogens with one attached hydrogen (secondary N) is 2. The van der Waals surface area contributed by atoms with Crippen molar-refractivity contribution >= 4 is 46.1 Å². The van der Waals surface area contributed by atoms with Gasteiger partial charge in [-0.25, -0.2) is 9.78 Å². The maximum absolute atomic E-state index is 13.7. The molecule has 1 fully saturated rings. The molecule has 1 aromatic carbocycles. The van der Waals surface area contributed by atoms with Crippen molar-refractivity contribution in [3.05, 3.63) is 46.3 Å². The van der Waals surface area contributed by atoms with E-state index in [4.69, 9.17) is 9.47 Å². The number of carbonyl (C=O) groups is 1. The maximum Gasteiger partial charge on any atom is 0.421 e. The summed E-state index contributed by atoms with van der Waals surface area (Å²) in [5.74, 6) is -0.744. The summed E-state index contributed by atoms with van der Waals surface area (Å²) in [5.41, 5.74) is 0.564. The first kappa shape index (κ1) is 27.5. The highest BCUT2D eigenvalue weighted by Gasteiger charge is 2.36. The highest BCUT2D eigenvalue weighted by atomic mass is 32.1. The van der Waals surface area contributed by atoms with E-state index in [1.165, 1.54) is 20.3 Å². The molecule has 1 saturated heterocycles. The van der Waals surface area contributed by atoms with E-state index in [1.54, 1.807) is 11.4 Å². The van der Waals surface area contributed by atoms with E-state index in [-0.39, 0.29) is 16.5 Å². The standard InChI is InChI=1S/C25H29F3N6O3S/c1-33(2)15-7-10-34(11-8-15)16-5-6-18(20(13-16)36-3)31-24-29-14-17(25(26,27)28)22(32-24)30-19-9-12-38-21(19)23(35)37-4/h5-6,9,12-15H,7-8,10-11H2,1-4H3,(H2,29,30,31,32). The minimum atomic E-state index is -4.72. The Bertz CT molecular complexity index is 1280. The van der Waals surface area contributed by atoms with Gasteiger partial charge in [0.1, 0.15) is 22.0 Å². The number of hydrogen-bond donors (Lipinski definition) is 2. The van der Waals surface area contributed by atoms with Gasteiger partial charge in [-0.05, 0) is 50.5 Å². The first-order chi connectivity index (χ1) is 18.1. The van der Waals surface area contributed by atoms with Crippen molar-refractivity contribution in [2.45, 2.75) is 25.1 Å². The summed E-state index contributed by atoms with van der Waals surface area (Å²) in [6.07, 6.45) is -1.93. The van der Waals surface area contributed by atoms with Crippen LogP contribution in [0.15, 0.2) is 35.8 Å². The Balaban J connectivity index is 1.58. The number of carbonyl (C=O) groups excluding carboxylic acids is 1. The predicted octanol–water partition coefficient (Wildman–Crippen LogP) is 5.37. The molecule has 0 radical (unpaired) electrons. The van der Waals surface area contributed by atoms with Gasteiger partial charge in [0.25, 0.3) is 0 Å². The van der Waals surface area contributed by atoms with Crippen molar-refractivity contribution < 1.29 is 27.4 Å². The van der Waals surface area contributed by atoms with Gasteiger partial charge >= 0.3 is 12.1 Å². The molecular formula is C25H29F3N6O3S. The second-order valence-corrected chi connectivity index (χ2v) is 9.84. The molecule has 0 atom stereocenters. The Morgan fingerprint density at radius 2 is 1.87 bits per heavy atom. The number of thiophene rings is 1. The molecule has 2 aromatic heterocycles. The van der Waals surface area contributed by atoms with Gasteiger partial charge < -0.3 is 29.9 Å². The third-order valence-electron chi connectivity index (χ3n) is 6.37. The van der Waals surface area contributed by atoms with Gasteiger partial charge in [0.15, 0.2) is 0 Å². The van der Waals surface area contributed by atoms with Gasteiger partial charge in [-0.2, -0.15) is 18.2 Å². The molecule has 38 heavy (non-hydrogen) atoms. The average Bonchev–Trinajstić information content (AvgIpc) is 3.36. The smallest absolute Gasteiger partial charge is 0.421 e. The number of benzene rings is 1. The normalized spacial score (nSPS) is 14.5. The lowest BCUT2D eigenvalue weighted by Gasteiger charge is -2.36. The van der Waals surface area contributed by atoms with Crippen molar-refractivity contribution in [1.82, 2.24) is 14.9 Å². The van der Waals surface area contributed by atoms with E-state index in [2.05, 4.69) is 44.5 Å². The topological polar surface area (TPSA) is 91.8 Å². The summed E-state index contributed by atoms with van der Waals surface area (Å²) in [5, 5.41) is 7.14. The second-order valence-electron chi connectivity index (χ2n) is 8.93. The predicted molar refractivity (Wildman–Crippen MR) is 141 cm³/mol. The second kappa shape index (κ2) is 11.4. The number of rotatable bonds is 8. The summed E-state index contributed by atoms with van der Waals surface area (Å²) >= 11 is 1.04. The van der Waals surface area contributed by atoms with Crippen molar-refractivity contribution in [1.29, 1.82) is 0 Å². The highest BCUT2D eigenvalue weighted by Crippen LogP contribution is 2.38. The summed E-state index contributed by atoms with van der Waals surface area (Å²) in [6, 6.07) is 7.63. The van der Waals surface area contributed by atoms with Crippen LogP contribution in [-0.2, 0) is 10.9 Å². The van der Waals surface area contributed by atoms with E-state index in [0.717, 1.165) is 43.0 Å². The van der Waals surface area contributed by atoms with Gasteiger partial charge in [-0.1, -0.05) is 0 Å². The number of alkyl halides is 3. The van der Waals surface area contributed by atoms with Crippen molar-refractivity contribution in [3.63, 3.8) is 0 Å². The minimum Gasteiger partial charge on any atom is -0.494 e. The molecular weight excluding hydrogens is 521 g/mol.